The van der Waals surface area contributed by atoms with Gasteiger partial charge in [0.2, 0.25) is 10.0 Å². The van der Waals surface area contributed by atoms with Gasteiger partial charge in [-0.25, -0.2) is 8.42 Å². The molecule has 1 atom stereocenters. The van der Waals surface area contributed by atoms with Gasteiger partial charge >= 0.3 is 0 Å². The van der Waals surface area contributed by atoms with E-state index in [9.17, 15) is 18.5 Å². The first-order valence-corrected chi connectivity index (χ1v) is 6.98. The van der Waals surface area contributed by atoms with Crippen LogP contribution in [0.3, 0.4) is 0 Å². The van der Waals surface area contributed by atoms with Crippen LogP contribution in [0.2, 0.25) is 0 Å². The minimum absolute atomic E-state index is 0.418. The van der Waals surface area contributed by atoms with Crippen LogP contribution in [-0.4, -0.2) is 19.4 Å². The fourth-order valence-corrected chi connectivity index (χ4v) is 3.06. The van der Waals surface area contributed by atoms with Gasteiger partial charge in [0.1, 0.15) is 0 Å². The third-order valence-electron chi connectivity index (χ3n) is 1.99. The van der Waals surface area contributed by atoms with Crippen LogP contribution in [0.25, 0.3) is 0 Å². The van der Waals surface area contributed by atoms with Crippen LogP contribution in [0, 0.1) is 22.5 Å². The summed E-state index contributed by atoms with van der Waals surface area (Å²) in [5.74, 6) is 2.18. The highest BCUT2D eigenvalue weighted by atomic mass is 79.9. The lowest BCUT2D eigenvalue weighted by atomic mass is 10.3. The van der Waals surface area contributed by atoms with Gasteiger partial charge in [-0.15, -0.1) is 6.42 Å². The Morgan fingerprint density at radius 3 is 2.67 bits per heavy atom. The van der Waals surface area contributed by atoms with Crippen molar-refractivity contribution < 1.29 is 13.3 Å². The fourth-order valence-electron chi connectivity index (χ4n) is 1.18. The monoisotopic (exact) mass is 332 g/mol. The van der Waals surface area contributed by atoms with Crippen molar-refractivity contribution in [3.05, 3.63) is 32.8 Å². The van der Waals surface area contributed by atoms with Gasteiger partial charge in [0.15, 0.2) is 4.90 Å². The number of nitro groups is 1. The minimum Gasteiger partial charge on any atom is -0.258 e. The quantitative estimate of drug-likeness (QED) is 0.515. The van der Waals surface area contributed by atoms with Gasteiger partial charge in [0.25, 0.3) is 5.69 Å². The van der Waals surface area contributed by atoms with Crippen molar-refractivity contribution in [2.75, 3.05) is 0 Å². The van der Waals surface area contributed by atoms with Crippen molar-refractivity contribution in [1.82, 2.24) is 4.72 Å². The van der Waals surface area contributed by atoms with Gasteiger partial charge in [-0.3, -0.25) is 10.1 Å². The molecule has 0 aliphatic carbocycles. The average Bonchev–Trinajstić information content (AvgIpc) is 2.27. The Kier molecular flexibility index (Phi) is 4.45. The molecule has 0 bridgehead atoms. The first-order valence-electron chi connectivity index (χ1n) is 4.70. The molecule has 0 radical (unpaired) electrons. The summed E-state index contributed by atoms with van der Waals surface area (Å²) in [5, 5.41) is 10.8. The van der Waals surface area contributed by atoms with E-state index in [2.05, 4.69) is 26.6 Å². The second-order valence-corrected chi connectivity index (χ2v) is 5.98. The van der Waals surface area contributed by atoms with E-state index in [1.165, 1.54) is 13.0 Å². The molecule has 0 aromatic heterocycles. The summed E-state index contributed by atoms with van der Waals surface area (Å²) in [6, 6.07) is 2.90. The molecule has 0 spiro atoms. The molecule has 0 saturated heterocycles. The number of nitrogens with zero attached hydrogens (tertiary/aromatic N) is 1. The van der Waals surface area contributed by atoms with Gasteiger partial charge in [-0.1, -0.05) is 21.9 Å². The topological polar surface area (TPSA) is 89.3 Å². The van der Waals surface area contributed by atoms with Crippen LogP contribution in [0.1, 0.15) is 6.92 Å². The van der Waals surface area contributed by atoms with E-state index in [1.54, 1.807) is 0 Å². The molecule has 1 aromatic rings. The van der Waals surface area contributed by atoms with Gasteiger partial charge in [0.05, 0.1) is 11.0 Å². The first kappa shape index (κ1) is 14.6. The second kappa shape index (κ2) is 5.48. The molecule has 1 rings (SSSR count). The zero-order chi connectivity index (χ0) is 13.9. The number of terminal acetylenes is 1. The summed E-state index contributed by atoms with van der Waals surface area (Å²) in [6.07, 6.45) is 5.06. The Hall–Kier alpha value is -1.43. The highest BCUT2D eigenvalue weighted by Crippen LogP contribution is 2.27. The van der Waals surface area contributed by atoms with Crippen LogP contribution >= 0.6 is 15.9 Å². The van der Waals surface area contributed by atoms with Crippen molar-refractivity contribution in [3.8, 4) is 12.3 Å². The molecular weight excluding hydrogens is 324 g/mol. The van der Waals surface area contributed by atoms with Crippen LogP contribution in [0.4, 0.5) is 5.69 Å². The van der Waals surface area contributed by atoms with Crippen molar-refractivity contribution in [3.63, 3.8) is 0 Å². The first-order chi connectivity index (χ1) is 8.27. The second-order valence-electron chi connectivity index (χ2n) is 3.38. The summed E-state index contributed by atoms with van der Waals surface area (Å²) in [7, 11) is -4.03. The lowest BCUT2D eigenvalue weighted by Gasteiger charge is -2.09. The fraction of sp³-hybridized carbons (Fsp3) is 0.200. The summed E-state index contributed by atoms with van der Waals surface area (Å²) >= 11 is 3.07. The van der Waals surface area contributed by atoms with Gasteiger partial charge in [0, 0.05) is 10.5 Å². The highest BCUT2D eigenvalue weighted by molar-refractivity contribution is 9.10. The van der Waals surface area contributed by atoms with Crippen LogP contribution in [-0.2, 0) is 10.0 Å². The van der Waals surface area contributed by atoms with Gasteiger partial charge < -0.3 is 0 Å². The maximum Gasteiger partial charge on any atom is 0.289 e. The summed E-state index contributed by atoms with van der Waals surface area (Å²) < 4.78 is 26.5. The van der Waals surface area contributed by atoms with Crippen LogP contribution in [0.5, 0.6) is 0 Å². The molecule has 6 nitrogen and oxygen atoms in total. The normalized spacial score (nSPS) is 12.7. The predicted octanol–water partition coefficient (Wildman–Crippen LogP) is 1.66. The minimum atomic E-state index is -4.03. The van der Waals surface area contributed by atoms with Crippen molar-refractivity contribution in [2.24, 2.45) is 0 Å². The number of halogens is 1. The number of hydrogen-bond donors (Lipinski definition) is 1. The maximum atomic E-state index is 11.9. The molecule has 18 heavy (non-hydrogen) atoms. The van der Waals surface area contributed by atoms with Gasteiger partial charge in [-0.2, -0.15) is 4.72 Å². The smallest absolute Gasteiger partial charge is 0.258 e. The molecule has 0 amide bonds. The van der Waals surface area contributed by atoms with Crippen molar-refractivity contribution >= 4 is 31.6 Å². The van der Waals surface area contributed by atoms with Crippen molar-refractivity contribution in [2.45, 2.75) is 17.9 Å². The molecule has 0 saturated carbocycles. The average molecular weight is 333 g/mol. The lowest BCUT2D eigenvalue weighted by molar-refractivity contribution is -0.387. The SMILES string of the molecule is C#CC(C)NS(=O)(=O)c1cc(Br)ccc1[N+](=O)[O-]. The molecule has 96 valence electrons. The summed E-state index contributed by atoms with van der Waals surface area (Å²) in [6.45, 7) is 1.46. The number of sulfonamides is 1. The number of benzene rings is 1. The molecule has 1 N–H and O–H groups in total. The zero-order valence-electron chi connectivity index (χ0n) is 9.25. The van der Waals surface area contributed by atoms with E-state index in [0.717, 1.165) is 12.1 Å². The van der Waals surface area contributed by atoms with E-state index in [-0.39, 0.29) is 0 Å². The van der Waals surface area contributed by atoms with E-state index in [0.29, 0.717) is 4.47 Å². The molecule has 0 aliphatic heterocycles. The number of nitrogens with one attached hydrogen (secondary N) is 1. The molecule has 0 fully saturated rings. The summed E-state index contributed by atoms with van der Waals surface area (Å²) in [4.78, 5) is 9.60. The molecule has 0 aliphatic rings. The van der Waals surface area contributed by atoms with E-state index in [4.69, 9.17) is 6.42 Å². The molecule has 1 aromatic carbocycles. The number of nitro benzene ring substituents is 1. The largest absolute Gasteiger partial charge is 0.289 e. The molecule has 1 unspecified atom stereocenters. The maximum absolute atomic E-state index is 11.9. The third kappa shape index (κ3) is 3.29. The zero-order valence-corrected chi connectivity index (χ0v) is 11.7. The van der Waals surface area contributed by atoms with E-state index in [1.807, 2.05) is 0 Å². The van der Waals surface area contributed by atoms with Gasteiger partial charge in [-0.05, 0) is 19.1 Å². The Morgan fingerprint density at radius 1 is 1.56 bits per heavy atom. The Labute approximate surface area is 113 Å². The predicted molar refractivity (Wildman–Crippen MR) is 69.4 cm³/mol. The molecular formula is C10H9BrN2O4S. The highest BCUT2D eigenvalue weighted by Gasteiger charge is 2.26. The molecule has 0 heterocycles. The summed E-state index contributed by atoms with van der Waals surface area (Å²) in [5.41, 5.74) is -0.505. The Morgan fingerprint density at radius 2 is 2.17 bits per heavy atom. The Balaban J connectivity index is 3.36. The van der Waals surface area contributed by atoms with Crippen LogP contribution < -0.4 is 4.72 Å². The molecule has 8 heteroatoms. The van der Waals surface area contributed by atoms with Crippen LogP contribution in [0.15, 0.2) is 27.6 Å². The Bertz CT molecular complexity index is 621. The number of hydrogen-bond acceptors (Lipinski definition) is 4. The van der Waals surface area contributed by atoms with E-state index >= 15 is 0 Å². The van der Waals surface area contributed by atoms with E-state index < -0.39 is 31.6 Å². The third-order valence-corrected chi connectivity index (χ3v) is 4.05. The number of rotatable bonds is 4. The standard InChI is InChI=1S/C10H9BrN2O4S/c1-3-7(2)12-18(16,17)10-6-8(11)4-5-9(10)13(14)15/h1,4-7,12H,2H3. The lowest BCUT2D eigenvalue weighted by Crippen LogP contribution is -2.31. The van der Waals surface area contributed by atoms with Crippen molar-refractivity contribution in [1.29, 1.82) is 0 Å².